The fourth-order valence-electron chi connectivity index (χ4n) is 3.12. The lowest BCUT2D eigenvalue weighted by molar-refractivity contribution is 0.0358. The second-order valence-electron chi connectivity index (χ2n) is 6.80. The molecule has 0 bridgehead atoms. The summed E-state index contributed by atoms with van der Waals surface area (Å²) >= 11 is 0. The Kier molecular flexibility index (Phi) is 16.6. The second-order valence-corrected chi connectivity index (χ2v) is 9.69. The summed E-state index contributed by atoms with van der Waals surface area (Å²) in [6.07, 6.45) is 15.1. The van der Waals surface area contributed by atoms with E-state index < -0.39 is 8.80 Å². The summed E-state index contributed by atoms with van der Waals surface area (Å²) in [6, 6.07) is 0.858. The highest BCUT2D eigenvalue weighted by Crippen LogP contribution is 2.20. The van der Waals surface area contributed by atoms with Gasteiger partial charge in [0.05, 0.1) is 0 Å². The van der Waals surface area contributed by atoms with Gasteiger partial charge in [-0.3, -0.25) is 0 Å². The van der Waals surface area contributed by atoms with Crippen LogP contribution in [0.25, 0.3) is 0 Å². The van der Waals surface area contributed by atoms with Gasteiger partial charge in [0.1, 0.15) is 0 Å². The maximum atomic E-state index is 6.25. The van der Waals surface area contributed by atoms with Gasteiger partial charge in [-0.2, -0.15) is 0 Å². The highest BCUT2D eigenvalue weighted by atomic mass is 28.4. The van der Waals surface area contributed by atoms with Crippen LogP contribution in [0.5, 0.6) is 0 Å². The molecule has 0 heterocycles. The van der Waals surface area contributed by atoms with Crippen LogP contribution in [0.3, 0.4) is 0 Å². The molecule has 24 heavy (non-hydrogen) atoms. The zero-order chi connectivity index (χ0) is 18.1. The number of unbranched alkanes of at least 4 members (excludes halogenated alkanes) is 9. The average Bonchev–Trinajstić information content (AvgIpc) is 2.57. The van der Waals surface area contributed by atoms with Gasteiger partial charge < -0.3 is 13.3 Å². The fourth-order valence-corrected chi connectivity index (χ4v) is 5.53. The first-order chi connectivity index (χ1) is 11.6. The van der Waals surface area contributed by atoms with Crippen LogP contribution in [0.15, 0.2) is 0 Å². The molecule has 0 aliphatic heterocycles. The van der Waals surface area contributed by atoms with Crippen molar-refractivity contribution in [2.24, 2.45) is 0 Å². The van der Waals surface area contributed by atoms with Crippen molar-refractivity contribution in [3.8, 4) is 0 Å². The molecule has 146 valence electrons. The van der Waals surface area contributed by atoms with Crippen LogP contribution in [0.1, 0.15) is 105 Å². The first-order valence-electron chi connectivity index (χ1n) is 10.6. The molecule has 0 amide bonds. The van der Waals surface area contributed by atoms with E-state index in [0.717, 1.165) is 12.5 Å². The largest absolute Gasteiger partial charge is 0.500 e. The molecular weight excluding hydrogens is 316 g/mol. The number of hydrogen-bond donors (Lipinski definition) is 0. The van der Waals surface area contributed by atoms with Gasteiger partial charge in [-0.15, -0.1) is 0 Å². The van der Waals surface area contributed by atoms with Crippen LogP contribution in [0, 0.1) is 0 Å². The Labute approximate surface area is 153 Å². The van der Waals surface area contributed by atoms with E-state index in [-0.39, 0.29) is 6.10 Å². The Morgan fingerprint density at radius 3 is 1.54 bits per heavy atom. The molecule has 0 saturated carbocycles. The normalized spacial score (nSPS) is 13.4. The molecule has 0 N–H and O–H groups in total. The first kappa shape index (κ1) is 24.1. The monoisotopic (exact) mass is 360 g/mol. The van der Waals surface area contributed by atoms with Gasteiger partial charge >= 0.3 is 8.80 Å². The summed E-state index contributed by atoms with van der Waals surface area (Å²) in [5.41, 5.74) is 0. The highest BCUT2D eigenvalue weighted by molar-refractivity contribution is 6.60. The van der Waals surface area contributed by atoms with Crippen molar-refractivity contribution >= 4 is 8.80 Å². The molecule has 1 unspecified atom stereocenters. The van der Waals surface area contributed by atoms with Crippen LogP contribution < -0.4 is 0 Å². The molecular formula is C20H44O3Si. The summed E-state index contributed by atoms with van der Waals surface area (Å²) in [5, 5.41) is 0. The first-order valence-corrected chi connectivity index (χ1v) is 12.5. The summed E-state index contributed by atoms with van der Waals surface area (Å²) in [4.78, 5) is 0. The minimum Gasteiger partial charge on any atom is -0.374 e. The van der Waals surface area contributed by atoms with Gasteiger partial charge in [-0.05, 0) is 27.2 Å². The van der Waals surface area contributed by atoms with Crippen LogP contribution in [0.4, 0.5) is 0 Å². The minimum atomic E-state index is -2.43. The topological polar surface area (TPSA) is 27.7 Å². The van der Waals surface area contributed by atoms with E-state index >= 15 is 0 Å². The molecule has 0 aliphatic carbocycles. The van der Waals surface area contributed by atoms with Gasteiger partial charge in [-0.1, -0.05) is 78.1 Å². The van der Waals surface area contributed by atoms with E-state index in [1.54, 1.807) is 0 Å². The molecule has 1 atom stereocenters. The quantitative estimate of drug-likeness (QED) is 0.200. The Balaban J connectivity index is 3.71. The molecule has 0 aromatic heterocycles. The Hall–Kier alpha value is 0.0969. The zero-order valence-corrected chi connectivity index (χ0v) is 18.2. The van der Waals surface area contributed by atoms with Crippen molar-refractivity contribution in [1.29, 1.82) is 0 Å². The lowest BCUT2D eigenvalue weighted by atomic mass is 10.1. The maximum Gasteiger partial charge on any atom is 0.500 e. The van der Waals surface area contributed by atoms with Crippen molar-refractivity contribution in [2.75, 3.05) is 13.2 Å². The van der Waals surface area contributed by atoms with Crippen LogP contribution in [-0.4, -0.2) is 28.1 Å². The van der Waals surface area contributed by atoms with Gasteiger partial charge in [-0.25, -0.2) is 0 Å². The van der Waals surface area contributed by atoms with Crippen molar-refractivity contribution in [3.05, 3.63) is 0 Å². The third-order valence-corrected chi connectivity index (χ3v) is 7.59. The van der Waals surface area contributed by atoms with Crippen molar-refractivity contribution in [2.45, 2.75) is 117 Å². The molecule has 0 aromatic carbocycles. The average molecular weight is 361 g/mol. The third kappa shape index (κ3) is 12.5. The van der Waals surface area contributed by atoms with Gasteiger partial charge in [0.2, 0.25) is 0 Å². The predicted molar refractivity (Wildman–Crippen MR) is 106 cm³/mol. The number of hydrogen-bond acceptors (Lipinski definition) is 3. The van der Waals surface area contributed by atoms with E-state index in [1.165, 1.54) is 64.2 Å². The molecule has 0 aliphatic rings. The molecule has 3 nitrogen and oxygen atoms in total. The molecule has 0 spiro atoms. The van der Waals surface area contributed by atoms with E-state index in [0.29, 0.717) is 13.2 Å². The standard InChI is InChI=1S/C20H44O3Si/c1-6-10-11-12-13-14-15-16-17-18-19-20(5)23-24(9-4,21-7-2)22-8-3/h20H,6-19H2,1-5H3. The molecule has 4 heteroatoms. The summed E-state index contributed by atoms with van der Waals surface area (Å²) in [7, 11) is -2.43. The second kappa shape index (κ2) is 16.6. The molecule has 0 rings (SSSR count). The predicted octanol–water partition coefficient (Wildman–Crippen LogP) is 6.73. The SMILES string of the molecule is CCCCCCCCCCCCC(C)O[Si](CC)(OCC)OCC. The highest BCUT2D eigenvalue weighted by Gasteiger charge is 2.39. The minimum absolute atomic E-state index is 0.240. The molecule has 0 saturated heterocycles. The van der Waals surface area contributed by atoms with Crippen LogP contribution in [0.2, 0.25) is 6.04 Å². The summed E-state index contributed by atoms with van der Waals surface area (Å²) in [5.74, 6) is 0. The van der Waals surface area contributed by atoms with Crippen LogP contribution >= 0.6 is 0 Å². The summed E-state index contributed by atoms with van der Waals surface area (Å²) < 4.78 is 18.0. The fraction of sp³-hybridized carbons (Fsp3) is 1.00. The van der Waals surface area contributed by atoms with Gasteiger partial charge in [0.25, 0.3) is 0 Å². The van der Waals surface area contributed by atoms with Gasteiger partial charge in [0.15, 0.2) is 0 Å². The lowest BCUT2D eigenvalue weighted by Crippen LogP contribution is -2.47. The Bertz CT molecular complexity index is 255. The van der Waals surface area contributed by atoms with Crippen LogP contribution in [-0.2, 0) is 13.3 Å². The zero-order valence-electron chi connectivity index (χ0n) is 17.2. The maximum absolute atomic E-state index is 6.25. The molecule has 0 radical (unpaired) electrons. The summed E-state index contributed by atoms with van der Waals surface area (Å²) in [6.45, 7) is 11.9. The van der Waals surface area contributed by atoms with E-state index in [9.17, 15) is 0 Å². The van der Waals surface area contributed by atoms with E-state index in [4.69, 9.17) is 13.3 Å². The lowest BCUT2D eigenvalue weighted by Gasteiger charge is -2.30. The van der Waals surface area contributed by atoms with Crippen molar-refractivity contribution < 1.29 is 13.3 Å². The third-order valence-electron chi connectivity index (χ3n) is 4.51. The Morgan fingerprint density at radius 1 is 0.667 bits per heavy atom. The smallest absolute Gasteiger partial charge is 0.374 e. The molecule has 0 fully saturated rings. The van der Waals surface area contributed by atoms with Crippen molar-refractivity contribution in [3.63, 3.8) is 0 Å². The Morgan fingerprint density at radius 2 is 1.12 bits per heavy atom. The molecule has 0 aromatic rings. The van der Waals surface area contributed by atoms with Crippen molar-refractivity contribution in [1.82, 2.24) is 0 Å². The van der Waals surface area contributed by atoms with E-state index in [1.807, 2.05) is 13.8 Å². The van der Waals surface area contributed by atoms with E-state index in [2.05, 4.69) is 20.8 Å². The number of rotatable bonds is 18. The van der Waals surface area contributed by atoms with Gasteiger partial charge in [0, 0.05) is 25.4 Å².